The molecule has 1 aliphatic rings. The molecule has 2 atom stereocenters. The van der Waals surface area contributed by atoms with Crippen molar-refractivity contribution >= 4 is 29.5 Å². The lowest BCUT2D eigenvalue weighted by Gasteiger charge is -2.29. The van der Waals surface area contributed by atoms with Crippen LogP contribution in [0.15, 0.2) is 35.4 Å². The normalized spacial score (nSPS) is 17.9. The van der Waals surface area contributed by atoms with E-state index in [4.69, 9.17) is 4.74 Å². The predicted molar refractivity (Wildman–Crippen MR) is 121 cm³/mol. The van der Waals surface area contributed by atoms with E-state index in [-0.39, 0.29) is 25.2 Å². The van der Waals surface area contributed by atoms with Crippen molar-refractivity contribution in [3.8, 4) is 5.75 Å². The first kappa shape index (κ1) is 27.8. The number of rotatable bonds is 7. The number of para-hydroxylation sites is 1. The van der Waals surface area contributed by atoms with Crippen molar-refractivity contribution in [3.63, 3.8) is 0 Å². The number of benzene rings is 2. The summed E-state index contributed by atoms with van der Waals surface area (Å²) < 4.78 is 87.5. The number of halogens is 6. The third-order valence-corrected chi connectivity index (χ3v) is 5.45. The summed E-state index contributed by atoms with van der Waals surface area (Å²) in [4.78, 5) is 25.2. The topological polar surface area (TPSA) is 94.5 Å². The van der Waals surface area contributed by atoms with Gasteiger partial charge in [-0.15, -0.1) is 0 Å². The van der Waals surface area contributed by atoms with Gasteiger partial charge in [-0.05, 0) is 31.5 Å². The fraction of sp³-hybridized carbons (Fsp3) is 0.348. The highest BCUT2D eigenvalue weighted by Gasteiger charge is 2.39. The second-order valence-corrected chi connectivity index (χ2v) is 8.14. The highest BCUT2D eigenvalue weighted by Crippen LogP contribution is 2.34. The van der Waals surface area contributed by atoms with Crippen LogP contribution in [0.1, 0.15) is 30.1 Å². The number of aliphatic hydroxyl groups is 1. The number of alkyl halides is 3. The molecule has 2 N–H and O–H groups in total. The van der Waals surface area contributed by atoms with Gasteiger partial charge in [0.1, 0.15) is 34.7 Å². The molecule has 0 aromatic heterocycles. The van der Waals surface area contributed by atoms with Gasteiger partial charge in [-0.1, -0.05) is 6.07 Å². The molecule has 0 bridgehead atoms. The molecule has 1 fully saturated rings. The number of likely N-dealkylation sites (tertiary alicyclic amines) is 1. The minimum absolute atomic E-state index is 0.0478. The Hall–Kier alpha value is -3.81. The number of nitrogens with one attached hydrogen (secondary N) is 1. The van der Waals surface area contributed by atoms with Crippen LogP contribution in [0.4, 0.5) is 37.7 Å². The second kappa shape index (κ2) is 11.1. The predicted octanol–water partition coefficient (Wildman–Crippen LogP) is 4.05. The van der Waals surface area contributed by atoms with Crippen LogP contribution in [0.5, 0.6) is 5.75 Å². The van der Waals surface area contributed by atoms with E-state index in [0.717, 1.165) is 29.3 Å². The third-order valence-electron chi connectivity index (χ3n) is 5.45. The Labute approximate surface area is 207 Å². The molecule has 0 spiro atoms. The van der Waals surface area contributed by atoms with Crippen molar-refractivity contribution in [2.24, 2.45) is 5.10 Å². The van der Waals surface area contributed by atoms with E-state index in [0.29, 0.717) is 19.4 Å². The Morgan fingerprint density at radius 1 is 1.24 bits per heavy atom. The van der Waals surface area contributed by atoms with Crippen molar-refractivity contribution in [1.29, 1.82) is 0 Å². The smallest absolute Gasteiger partial charge is 0.425 e. The quantitative estimate of drug-likeness (QED) is 0.319. The number of nitrogens with zero attached hydrogens (tertiary/aromatic N) is 3. The molecule has 0 radical (unpaired) electrons. The number of hydrogen-bond donors (Lipinski definition) is 2. The minimum Gasteiger partial charge on any atom is -0.480 e. The minimum atomic E-state index is -4.87. The van der Waals surface area contributed by atoms with Gasteiger partial charge in [0, 0.05) is 26.1 Å². The zero-order valence-corrected chi connectivity index (χ0v) is 19.5. The maximum absolute atomic E-state index is 15.1. The number of amidine groups is 1. The van der Waals surface area contributed by atoms with E-state index in [1.54, 1.807) is 0 Å². The van der Waals surface area contributed by atoms with E-state index >= 15 is 4.39 Å². The van der Waals surface area contributed by atoms with Crippen molar-refractivity contribution in [2.75, 3.05) is 23.9 Å². The van der Waals surface area contributed by atoms with Gasteiger partial charge in [0.05, 0.1) is 17.4 Å². The molecule has 8 nitrogen and oxygen atoms in total. The molecule has 2 aromatic carbocycles. The first-order chi connectivity index (χ1) is 17.3. The molecule has 2 amide bonds. The number of ether oxygens (including phenoxy) is 1. The Bertz CT molecular complexity index is 1190. The highest BCUT2D eigenvalue weighted by atomic mass is 19.4. The molecule has 200 valence electrons. The zero-order valence-electron chi connectivity index (χ0n) is 19.5. The fourth-order valence-electron chi connectivity index (χ4n) is 3.41. The Balaban J connectivity index is 2.03. The molecule has 1 heterocycles. The molecular formula is C23H22F6N4O4. The van der Waals surface area contributed by atoms with Crippen LogP contribution in [0.25, 0.3) is 0 Å². The summed E-state index contributed by atoms with van der Waals surface area (Å²) in [5, 5.41) is 16.7. The van der Waals surface area contributed by atoms with Gasteiger partial charge in [0.15, 0.2) is 6.10 Å². The summed E-state index contributed by atoms with van der Waals surface area (Å²) in [6, 6.07) is 4.00. The molecule has 3 rings (SSSR count). The SMILES string of the molecule is CC(Oc1cc(N(C)/N=C2/CC(O)CCN2C=O)c(F)cc1C(=O)Nc1c(F)cccc1F)C(F)(F)F. The van der Waals surface area contributed by atoms with Gasteiger partial charge >= 0.3 is 6.18 Å². The Morgan fingerprint density at radius 3 is 2.49 bits per heavy atom. The lowest BCUT2D eigenvalue weighted by Crippen LogP contribution is -2.41. The Morgan fingerprint density at radius 2 is 1.89 bits per heavy atom. The average molecular weight is 532 g/mol. The third kappa shape index (κ3) is 6.50. The van der Waals surface area contributed by atoms with E-state index in [9.17, 15) is 36.6 Å². The molecule has 1 saturated heterocycles. The lowest BCUT2D eigenvalue weighted by molar-refractivity contribution is -0.189. The summed E-state index contributed by atoms with van der Waals surface area (Å²) in [5.74, 6) is -5.50. The maximum atomic E-state index is 15.1. The maximum Gasteiger partial charge on any atom is 0.425 e. The van der Waals surface area contributed by atoms with E-state index in [2.05, 4.69) is 5.10 Å². The van der Waals surface area contributed by atoms with Gasteiger partial charge in [-0.2, -0.15) is 18.3 Å². The molecule has 0 saturated carbocycles. The Kier molecular flexibility index (Phi) is 8.31. The van der Waals surface area contributed by atoms with Crippen LogP contribution in [0, 0.1) is 17.5 Å². The summed E-state index contributed by atoms with van der Waals surface area (Å²) in [6.45, 7) is 0.791. The number of hydrogen-bond acceptors (Lipinski definition) is 6. The number of anilines is 2. The van der Waals surface area contributed by atoms with Gasteiger partial charge in [-0.25, -0.2) is 13.2 Å². The first-order valence-corrected chi connectivity index (χ1v) is 10.8. The number of carbonyl (C=O) groups is 2. The van der Waals surface area contributed by atoms with E-state index in [1.165, 1.54) is 11.9 Å². The van der Waals surface area contributed by atoms with Crippen LogP contribution >= 0.6 is 0 Å². The van der Waals surface area contributed by atoms with Crippen LogP contribution in [-0.4, -0.2) is 60.1 Å². The molecule has 2 unspecified atom stereocenters. The molecular weight excluding hydrogens is 510 g/mol. The number of carbonyl (C=O) groups excluding carboxylic acids is 2. The van der Waals surface area contributed by atoms with Crippen molar-refractivity contribution < 1.29 is 45.8 Å². The zero-order chi connectivity index (χ0) is 27.5. The van der Waals surface area contributed by atoms with E-state index < -0.39 is 64.4 Å². The van der Waals surface area contributed by atoms with Gasteiger partial charge in [0.25, 0.3) is 5.91 Å². The number of hydrazone groups is 1. The lowest BCUT2D eigenvalue weighted by atomic mass is 10.1. The van der Waals surface area contributed by atoms with Crippen LogP contribution in [0.3, 0.4) is 0 Å². The van der Waals surface area contributed by atoms with Crippen molar-refractivity contribution in [1.82, 2.24) is 4.90 Å². The second-order valence-electron chi connectivity index (χ2n) is 8.14. The average Bonchev–Trinajstić information content (AvgIpc) is 2.81. The molecule has 14 heteroatoms. The molecule has 0 aliphatic carbocycles. The van der Waals surface area contributed by atoms with Crippen molar-refractivity contribution in [3.05, 3.63) is 53.3 Å². The van der Waals surface area contributed by atoms with Gasteiger partial charge in [-0.3, -0.25) is 14.6 Å². The summed E-state index contributed by atoms with van der Waals surface area (Å²) >= 11 is 0. The van der Waals surface area contributed by atoms with Gasteiger partial charge in [0.2, 0.25) is 6.41 Å². The number of amides is 2. The van der Waals surface area contributed by atoms with Crippen LogP contribution < -0.4 is 15.1 Å². The summed E-state index contributed by atoms with van der Waals surface area (Å²) in [6.07, 6.45) is -7.43. The number of piperidine rings is 1. The van der Waals surface area contributed by atoms with Gasteiger partial charge < -0.3 is 20.1 Å². The first-order valence-electron chi connectivity index (χ1n) is 10.8. The highest BCUT2D eigenvalue weighted by molar-refractivity contribution is 6.06. The summed E-state index contributed by atoms with van der Waals surface area (Å²) in [5.41, 5.74) is -2.11. The fourth-order valence-corrected chi connectivity index (χ4v) is 3.41. The number of aliphatic hydroxyl groups excluding tert-OH is 1. The standard InChI is InChI=1S/C23H22F6N4O4/c1-12(23(27,28)29)37-19-10-18(32(2)31-20-8-13(35)6-7-33(20)11-34)17(26)9-14(19)22(36)30-21-15(24)4-3-5-16(21)25/h3-5,9-13,35H,6-8H2,1-2H3,(H,30,36)/b31-20-. The van der Waals surface area contributed by atoms with Crippen molar-refractivity contribution in [2.45, 2.75) is 38.1 Å². The largest absolute Gasteiger partial charge is 0.480 e. The van der Waals surface area contributed by atoms with Crippen LogP contribution in [0.2, 0.25) is 0 Å². The van der Waals surface area contributed by atoms with Crippen LogP contribution in [-0.2, 0) is 4.79 Å². The molecule has 37 heavy (non-hydrogen) atoms. The molecule has 1 aliphatic heterocycles. The van der Waals surface area contributed by atoms with E-state index in [1.807, 2.05) is 5.32 Å². The molecule has 2 aromatic rings. The summed E-state index contributed by atoms with van der Waals surface area (Å²) in [7, 11) is 1.22. The monoisotopic (exact) mass is 532 g/mol.